The van der Waals surface area contributed by atoms with Crippen LogP contribution in [0.4, 0.5) is 0 Å². The van der Waals surface area contributed by atoms with Crippen LogP contribution in [0.15, 0.2) is 24.5 Å². The van der Waals surface area contributed by atoms with Crippen molar-refractivity contribution in [2.45, 2.75) is 44.3 Å². The fourth-order valence-corrected chi connectivity index (χ4v) is 3.31. The zero-order chi connectivity index (χ0) is 15.4. The van der Waals surface area contributed by atoms with Gasteiger partial charge in [0.05, 0.1) is 0 Å². The van der Waals surface area contributed by atoms with Gasteiger partial charge >= 0.3 is 0 Å². The van der Waals surface area contributed by atoms with Crippen LogP contribution in [0, 0.1) is 0 Å². The van der Waals surface area contributed by atoms with E-state index >= 15 is 0 Å². The quantitative estimate of drug-likeness (QED) is 0.846. The van der Waals surface area contributed by atoms with Crippen molar-refractivity contribution in [3.05, 3.63) is 30.1 Å². The van der Waals surface area contributed by atoms with Crippen molar-refractivity contribution < 1.29 is 9.59 Å². The molecular formula is C16H22N4O2. The Morgan fingerprint density at radius 3 is 2.91 bits per heavy atom. The van der Waals surface area contributed by atoms with E-state index in [9.17, 15) is 9.59 Å². The Hall–Kier alpha value is -1.95. The summed E-state index contributed by atoms with van der Waals surface area (Å²) >= 11 is 0. The number of hydrogen-bond donors (Lipinski definition) is 2. The third kappa shape index (κ3) is 3.27. The van der Waals surface area contributed by atoms with Gasteiger partial charge in [-0.1, -0.05) is 6.07 Å². The summed E-state index contributed by atoms with van der Waals surface area (Å²) in [7, 11) is 0. The van der Waals surface area contributed by atoms with Crippen molar-refractivity contribution in [3.63, 3.8) is 0 Å². The standard InChI is InChI=1S/C16H22N4O2/c21-15-4-3-14(20(15)13-5-8-17-9-6-13)16(22)19-11-12-2-1-7-18-10-12/h1-2,7,10,13-14,17H,3-6,8-9,11H2,(H,19,22)/t14-/m0/s1. The van der Waals surface area contributed by atoms with Crippen molar-refractivity contribution in [1.29, 1.82) is 0 Å². The van der Waals surface area contributed by atoms with Gasteiger partial charge in [-0.25, -0.2) is 0 Å². The summed E-state index contributed by atoms with van der Waals surface area (Å²) in [6.45, 7) is 2.29. The predicted octanol–water partition coefficient (Wildman–Crippen LogP) is 0.441. The largest absolute Gasteiger partial charge is 0.350 e. The van der Waals surface area contributed by atoms with Crippen molar-refractivity contribution >= 4 is 11.8 Å². The Balaban J connectivity index is 1.61. The molecule has 1 aromatic heterocycles. The molecule has 22 heavy (non-hydrogen) atoms. The summed E-state index contributed by atoms with van der Waals surface area (Å²) in [4.78, 5) is 30.5. The van der Waals surface area contributed by atoms with E-state index in [4.69, 9.17) is 0 Å². The molecule has 1 atom stereocenters. The van der Waals surface area contributed by atoms with Crippen LogP contribution < -0.4 is 10.6 Å². The Morgan fingerprint density at radius 2 is 2.18 bits per heavy atom. The van der Waals surface area contributed by atoms with Gasteiger partial charge in [0.2, 0.25) is 11.8 Å². The smallest absolute Gasteiger partial charge is 0.243 e. The Labute approximate surface area is 130 Å². The lowest BCUT2D eigenvalue weighted by Crippen LogP contribution is -2.52. The van der Waals surface area contributed by atoms with Crippen molar-refractivity contribution in [3.8, 4) is 0 Å². The third-order valence-electron chi connectivity index (χ3n) is 4.45. The lowest BCUT2D eigenvalue weighted by atomic mass is 10.0. The first-order valence-electron chi connectivity index (χ1n) is 7.94. The molecule has 0 bridgehead atoms. The number of nitrogens with zero attached hydrogens (tertiary/aromatic N) is 2. The maximum absolute atomic E-state index is 12.5. The van der Waals surface area contributed by atoms with E-state index in [0.717, 1.165) is 31.5 Å². The molecule has 3 rings (SSSR count). The Bertz CT molecular complexity index is 528. The first-order chi connectivity index (χ1) is 10.8. The molecule has 2 aliphatic heterocycles. The maximum Gasteiger partial charge on any atom is 0.243 e. The number of carbonyl (C=O) groups excluding carboxylic acids is 2. The number of aromatic nitrogens is 1. The van der Waals surface area contributed by atoms with Gasteiger partial charge in [-0.15, -0.1) is 0 Å². The summed E-state index contributed by atoms with van der Waals surface area (Å²) in [5.74, 6) is 0.0710. The Morgan fingerprint density at radius 1 is 1.36 bits per heavy atom. The van der Waals surface area contributed by atoms with Crippen LogP contribution in [0.25, 0.3) is 0 Å². The first kappa shape index (κ1) is 15.0. The molecule has 118 valence electrons. The number of rotatable bonds is 4. The highest BCUT2D eigenvalue weighted by Crippen LogP contribution is 2.25. The van der Waals surface area contributed by atoms with E-state index in [1.807, 2.05) is 17.0 Å². The molecule has 6 heteroatoms. The highest BCUT2D eigenvalue weighted by molar-refractivity contribution is 5.91. The topological polar surface area (TPSA) is 74.3 Å². The molecule has 2 saturated heterocycles. The summed E-state index contributed by atoms with van der Waals surface area (Å²) in [6, 6.07) is 3.66. The van der Waals surface area contributed by atoms with Crippen LogP contribution in [-0.4, -0.2) is 46.9 Å². The second-order valence-corrected chi connectivity index (χ2v) is 5.92. The van der Waals surface area contributed by atoms with Crippen LogP contribution in [0.5, 0.6) is 0 Å². The highest BCUT2D eigenvalue weighted by Gasteiger charge is 2.40. The fraction of sp³-hybridized carbons (Fsp3) is 0.562. The lowest BCUT2D eigenvalue weighted by molar-refractivity contribution is -0.138. The number of carbonyl (C=O) groups is 2. The number of hydrogen-bond acceptors (Lipinski definition) is 4. The van der Waals surface area contributed by atoms with Crippen LogP contribution in [-0.2, 0) is 16.1 Å². The number of piperidine rings is 1. The molecule has 6 nitrogen and oxygen atoms in total. The minimum absolute atomic E-state index is 0.0479. The average Bonchev–Trinajstić information content (AvgIpc) is 2.96. The summed E-state index contributed by atoms with van der Waals surface area (Å²) < 4.78 is 0. The van der Waals surface area contributed by atoms with Crippen molar-refractivity contribution in [1.82, 2.24) is 20.5 Å². The van der Waals surface area contributed by atoms with E-state index in [-0.39, 0.29) is 23.9 Å². The SMILES string of the molecule is O=C(NCc1cccnc1)[C@@H]1CCC(=O)N1C1CCNCC1. The lowest BCUT2D eigenvalue weighted by Gasteiger charge is -2.35. The molecule has 0 aliphatic carbocycles. The second kappa shape index (κ2) is 6.87. The van der Waals surface area contributed by atoms with E-state index in [2.05, 4.69) is 15.6 Å². The normalized spacial score (nSPS) is 22.8. The minimum atomic E-state index is -0.313. The summed E-state index contributed by atoms with van der Waals surface area (Å²) in [6.07, 6.45) is 6.41. The fourth-order valence-electron chi connectivity index (χ4n) is 3.31. The van der Waals surface area contributed by atoms with E-state index in [1.54, 1.807) is 12.4 Å². The molecule has 3 heterocycles. The van der Waals surface area contributed by atoms with Gasteiger partial charge in [-0.05, 0) is 44.0 Å². The van der Waals surface area contributed by atoms with Crippen LogP contribution in [0.1, 0.15) is 31.2 Å². The molecule has 1 aromatic rings. The number of pyridine rings is 1. The first-order valence-corrected chi connectivity index (χ1v) is 7.94. The highest BCUT2D eigenvalue weighted by atomic mass is 16.2. The molecule has 0 saturated carbocycles. The molecule has 2 fully saturated rings. The third-order valence-corrected chi connectivity index (χ3v) is 4.45. The van der Waals surface area contributed by atoms with E-state index in [1.165, 1.54) is 0 Å². The predicted molar refractivity (Wildman–Crippen MR) is 81.8 cm³/mol. The minimum Gasteiger partial charge on any atom is -0.350 e. The van der Waals surface area contributed by atoms with Crippen LogP contribution in [0.2, 0.25) is 0 Å². The summed E-state index contributed by atoms with van der Waals surface area (Å²) in [5.41, 5.74) is 0.966. The van der Waals surface area contributed by atoms with Gasteiger partial charge in [0.25, 0.3) is 0 Å². The van der Waals surface area contributed by atoms with Gasteiger partial charge in [0.1, 0.15) is 6.04 Å². The number of nitrogens with one attached hydrogen (secondary N) is 2. The van der Waals surface area contributed by atoms with Gasteiger partial charge in [0.15, 0.2) is 0 Å². The molecule has 2 aliphatic rings. The average molecular weight is 302 g/mol. The molecule has 0 spiro atoms. The molecule has 0 aromatic carbocycles. The van der Waals surface area contributed by atoms with Gasteiger partial charge in [0, 0.05) is 31.4 Å². The molecule has 2 N–H and O–H groups in total. The maximum atomic E-state index is 12.5. The van der Waals surface area contributed by atoms with Crippen LogP contribution in [0.3, 0.4) is 0 Å². The van der Waals surface area contributed by atoms with Gasteiger partial charge in [-0.3, -0.25) is 14.6 Å². The molecule has 0 radical (unpaired) electrons. The zero-order valence-corrected chi connectivity index (χ0v) is 12.6. The number of likely N-dealkylation sites (tertiary alicyclic amines) is 1. The molecule has 2 amide bonds. The van der Waals surface area contributed by atoms with Gasteiger partial charge in [-0.2, -0.15) is 0 Å². The Kier molecular flexibility index (Phi) is 4.68. The van der Waals surface area contributed by atoms with Crippen LogP contribution >= 0.6 is 0 Å². The van der Waals surface area contributed by atoms with Gasteiger partial charge < -0.3 is 15.5 Å². The molecular weight excluding hydrogens is 280 g/mol. The summed E-state index contributed by atoms with van der Waals surface area (Å²) in [5, 5.41) is 6.24. The monoisotopic (exact) mass is 302 g/mol. The van der Waals surface area contributed by atoms with Crippen molar-refractivity contribution in [2.24, 2.45) is 0 Å². The molecule has 0 unspecified atom stereocenters. The second-order valence-electron chi connectivity index (χ2n) is 5.92. The number of amides is 2. The van der Waals surface area contributed by atoms with E-state index in [0.29, 0.717) is 19.4 Å². The van der Waals surface area contributed by atoms with E-state index < -0.39 is 0 Å². The van der Waals surface area contributed by atoms with Crippen molar-refractivity contribution in [2.75, 3.05) is 13.1 Å². The zero-order valence-electron chi connectivity index (χ0n) is 12.6.